The van der Waals surface area contributed by atoms with Crippen molar-refractivity contribution in [2.75, 3.05) is 20.8 Å². The largest absolute Gasteiger partial charge is 0.488 e. The van der Waals surface area contributed by atoms with Crippen molar-refractivity contribution in [3.63, 3.8) is 0 Å². The molecule has 0 aromatic heterocycles. The summed E-state index contributed by atoms with van der Waals surface area (Å²) in [5.41, 5.74) is -0.602. The predicted molar refractivity (Wildman–Crippen MR) is 157 cm³/mol. The van der Waals surface area contributed by atoms with Crippen LogP contribution in [0.1, 0.15) is 59.8 Å². The molecule has 1 aliphatic carbocycles. The number of likely N-dealkylation sites (N-methyl/N-ethyl adjacent to an activating group) is 1. The van der Waals surface area contributed by atoms with Crippen molar-refractivity contribution in [1.82, 2.24) is 5.32 Å². The average molecular weight is 562 g/mol. The molecule has 0 heterocycles. The number of ketones is 1. The van der Waals surface area contributed by atoms with Gasteiger partial charge in [-0.1, -0.05) is 57.2 Å². The number of allylic oxidation sites excluding steroid dienone is 3. The van der Waals surface area contributed by atoms with Gasteiger partial charge in [0.2, 0.25) is 0 Å². The van der Waals surface area contributed by atoms with Crippen LogP contribution in [0.25, 0.3) is 0 Å². The molecule has 0 amide bonds. The van der Waals surface area contributed by atoms with E-state index in [9.17, 15) is 14.0 Å². The van der Waals surface area contributed by atoms with Crippen molar-refractivity contribution in [2.45, 2.75) is 89.6 Å². The van der Waals surface area contributed by atoms with Crippen LogP contribution in [0.3, 0.4) is 0 Å². The third kappa shape index (κ3) is 9.69. The zero-order valence-corrected chi connectivity index (χ0v) is 26.0. The molecule has 1 unspecified atom stereocenters. The second-order valence-electron chi connectivity index (χ2n) is 12.2. The van der Waals surface area contributed by atoms with E-state index in [1.165, 1.54) is 13.2 Å². The number of Topliss-reactive ketones (excluding diaryl/α,β-unsaturated/α-hetero) is 1. The number of unbranched alkanes of at least 4 members (excludes halogenated alkanes) is 1. The first-order valence-electron chi connectivity index (χ1n) is 13.9. The molecule has 1 aromatic carbocycles. The van der Waals surface area contributed by atoms with E-state index in [4.69, 9.17) is 13.9 Å². The summed E-state index contributed by atoms with van der Waals surface area (Å²) in [5.74, 6) is -0.525. The molecule has 218 valence electrons. The van der Waals surface area contributed by atoms with Crippen LogP contribution in [0.15, 0.2) is 48.6 Å². The first kappa shape index (κ1) is 32.9. The highest BCUT2D eigenvalue weighted by molar-refractivity contribution is 6.74. The van der Waals surface area contributed by atoms with Crippen LogP contribution >= 0.6 is 0 Å². The van der Waals surface area contributed by atoms with Gasteiger partial charge in [-0.15, -0.1) is 0 Å². The van der Waals surface area contributed by atoms with Crippen LogP contribution in [0.5, 0.6) is 5.75 Å². The summed E-state index contributed by atoms with van der Waals surface area (Å²) in [4.78, 5) is 24.7. The number of hydrogen-bond donors (Lipinski definition) is 1. The Morgan fingerprint density at radius 1 is 1.18 bits per heavy atom. The number of hydrogen-bond acceptors (Lipinski definition) is 6. The van der Waals surface area contributed by atoms with Crippen LogP contribution in [-0.2, 0) is 18.8 Å². The molecule has 0 radical (unpaired) electrons. The highest BCUT2D eigenvalue weighted by atomic mass is 28.4. The Bertz CT molecular complexity index is 1020. The Labute approximate surface area is 235 Å². The maximum atomic E-state index is 14.1. The topological polar surface area (TPSA) is 73.9 Å². The third-order valence-electron chi connectivity index (χ3n) is 8.13. The summed E-state index contributed by atoms with van der Waals surface area (Å²) in [7, 11) is 1.13. The second-order valence-corrected chi connectivity index (χ2v) is 17.0. The lowest BCUT2D eigenvalue weighted by atomic mass is 9.88. The molecular weight excluding hydrogens is 513 g/mol. The Balaban J connectivity index is 2.20. The van der Waals surface area contributed by atoms with Crippen molar-refractivity contribution in [3.8, 4) is 5.75 Å². The first-order chi connectivity index (χ1) is 18.2. The number of nitrogens with one attached hydrogen (secondary N) is 1. The Kier molecular flexibility index (Phi) is 12.1. The van der Waals surface area contributed by atoms with Gasteiger partial charge in [0.1, 0.15) is 12.4 Å². The molecule has 2 rings (SSSR count). The van der Waals surface area contributed by atoms with Crippen LogP contribution in [0.2, 0.25) is 18.1 Å². The minimum absolute atomic E-state index is 0.00771. The zero-order valence-electron chi connectivity index (χ0n) is 25.0. The van der Waals surface area contributed by atoms with E-state index in [1.807, 2.05) is 26.1 Å². The number of esters is 1. The molecule has 0 spiro atoms. The summed E-state index contributed by atoms with van der Waals surface area (Å²) < 4.78 is 31.3. The fourth-order valence-electron chi connectivity index (χ4n) is 4.34. The highest BCUT2D eigenvalue weighted by Gasteiger charge is 2.47. The lowest BCUT2D eigenvalue weighted by Gasteiger charge is -2.40. The van der Waals surface area contributed by atoms with E-state index in [-0.39, 0.29) is 47.1 Å². The number of carbonyl (C=O) groups is 2. The quantitative estimate of drug-likeness (QED) is 0.119. The van der Waals surface area contributed by atoms with Gasteiger partial charge >= 0.3 is 5.97 Å². The molecule has 6 nitrogen and oxygen atoms in total. The SMILES string of the molecule is CNC(C)(/C=C/[C@H]1C(=O)C[C@H](O[Si](C)(C)C(C)(C)C)[C@@H]1C/C=C\CCCC(=O)OC)COc1ccccc1F. The molecule has 1 N–H and O–H groups in total. The molecule has 8 heteroatoms. The zero-order chi connectivity index (χ0) is 29.3. The maximum Gasteiger partial charge on any atom is 0.305 e. The summed E-state index contributed by atoms with van der Waals surface area (Å²) in [6.07, 6.45) is 11.0. The predicted octanol–water partition coefficient (Wildman–Crippen LogP) is 6.62. The standard InChI is InChI=1S/C31H48FNO5Si/c1-30(2,3)39(7,8)38-28-21-26(34)23(24(28)15-11-9-10-12-18-29(35)36-6)19-20-31(4,33-5)22-37-27-17-14-13-16-25(27)32/h9,11,13-14,16-17,19-20,23-24,28,33H,10,12,15,18,21-22H2,1-8H3/b11-9-,20-19+/t23-,24-,28+,31?/m1/s1. The van der Waals surface area contributed by atoms with Crippen molar-refractivity contribution < 1.29 is 27.9 Å². The van der Waals surface area contributed by atoms with Crippen LogP contribution < -0.4 is 10.1 Å². The van der Waals surface area contributed by atoms with Gasteiger partial charge in [-0.05, 0) is 63.5 Å². The molecule has 0 bridgehead atoms. The number of carbonyl (C=O) groups excluding carboxylic acids is 2. The highest BCUT2D eigenvalue weighted by Crippen LogP contribution is 2.43. The van der Waals surface area contributed by atoms with Crippen LogP contribution in [0.4, 0.5) is 4.39 Å². The minimum Gasteiger partial charge on any atom is -0.488 e. The summed E-state index contributed by atoms with van der Waals surface area (Å²) in [5, 5.41) is 3.28. The molecular formula is C31H48FNO5Si. The maximum absolute atomic E-state index is 14.1. The Morgan fingerprint density at radius 2 is 1.87 bits per heavy atom. The number of halogens is 1. The first-order valence-corrected chi connectivity index (χ1v) is 16.8. The van der Waals surface area contributed by atoms with E-state index in [0.29, 0.717) is 19.3 Å². The van der Waals surface area contributed by atoms with E-state index >= 15 is 0 Å². The Morgan fingerprint density at radius 3 is 2.49 bits per heavy atom. The van der Waals surface area contributed by atoms with Gasteiger partial charge in [0, 0.05) is 24.7 Å². The summed E-state index contributed by atoms with van der Waals surface area (Å²) >= 11 is 0. The molecule has 1 aromatic rings. The van der Waals surface area contributed by atoms with E-state index < -0.39 is 19.7 Å². The van der Waals surface area contributed by atoms with E-state index in [2.05, 4.69) is 51.3 Å². The van der Waals surface area contributed by atoms with Gasteiger partial charge in [0.25, 0.3) is 0 Å². The Hall–Kier alpha value is -2.29. The van der Waals surface area contributed by atoms with Gasteiger partial charge in [-0.2, -0.15) is 0 Å². The third-order valence-corrected chi connectivity index (χ3v) is 12.6. The van der Waals surface area contributed by atoms with Crippen LogP contribution in [0, 0.1) is 17.7 Å². The normalized spacial score (nSPS) is 22.0. The number of para-hydroxylation sites is 1. The number of ether oxygens (including phenoxy) is 2. The molecule has 39 heavy (non-hydrogen) atoms. The van der Waals surface area contributed by atoms with Crippen molar-refractivity contribution in [3.05, 3.63) is 54.4 Å². The van der Waals surface area contributed by atoms with Crippen molar-refractivity contribution in [1.29, 1.82) is 0 Å². The average Bonchev–Trinajstić information content (AvgIpc) is 3.16. The molecule has 1 fully saturated rings. The number of methoxy groups -OCH3 is 1. The van der Waals surface area contributed by atoms with Gasteiger partial charge in [-0.25, -0.2) is 4.39 Å². The summed E-state index contributed by atoms with van der Waals surface area (Å²) in [6.45, 7) is 13.2. The fraction of sp³-hybridized carbons (Fsp3) is 0.613. The molecule has 0 aliphatic heterocycles. The van der Waals surface area contributed by atoms with Gasteiger partial charge in [0.15, 0.2) is 19.9 Å². The number of benzene rings is 1. The monoisotopic (exact) mass is 561 g/mol. The van der Waals surface area contributed by atoms with Crippen LogP contribution in [-0.4, -0.2) is 52.5 Å². The molecule has 1 aliphatic rings. The van der Waals surface area contributed by atoms with Crippen molar-refractivity contribution in [2.24, 2.45) is 11.8 Å². The lowest BCUT2D eigenvalue weighted by Crippen LogP contribution is -2.45. The van der Waals surface area contributed by atoms with Gasteiger partial charge in [-0.3, -0.25) is 9.59 Å². The van der Waals surface area contributed by atoms with E-state index in [1.54, 1.807) is 18.2 Å². The van der Waals surface area contributed by atoms with Crippen molar-refractivity contribution >= 4 is 20.1 Å². The second kappa shape index (κ2) is 14.4. The van der Waals surface area contributed by atoms with E-state index in [0.717, 1.165) is 12.8 Å². The van der Waals surface area contributed by atoms with Gasteiger partial charge in [0.05, 0.1) is 18.8 Å². The lowest BCUT2D eigenvalue weighted by molar-refractivity contribution is -0.140. The molecule has 0 saturated heterocycles. The van der Waals surface area contributed by atoms with Gasteiger partial charge < -0.3 is 19.2 Å². The number of rotatable bonds is 14. The summed E-state index contributed by atoms with van der Waals surface area (Å²) in [6, 6.07) is 6.33. The molecule has 1 saturated carbocycles. The minimum atomic E-state index is -2.09. The molecule has 4 atom stereocenters. The smallest absolute Gasteiger partial charge is 0.305 e. The fourth-order valence-corrected chi connectivity index (χ4v) is 5.70.